The maximum Gasteiger partial charge on any atom is 0.407 e. The van der Waals surface area contributed by atoms with Gasteiger partial charge in [-0.05, 0) is 18.6 Å². The van der Waals surface area contributed by atoms with E-state index in [-0.39, 0.29) is 0 Å². The van der Waals surface area contributed by atoms with Crippen LogP contribution in [0.2, 0.25) is 5.15 Å². The summed E-state index contributed by atoms with van der Waals surface area (Å²) < 4.78 is 0. The SMILES string of the molecule is Cc1nc(Cl)ccc1CN(C)C(=O)O. The Morgan fingerprint density at radius 1 is 1.64 bits per heavy atom. The molecule has 1 aromatic rings. The van der Waals surface area contributed by atoms with Gasteiger partial charge in [-0.3, -0.25) is 0 Å². The smallest absolute Gasteiger partial charge is 0.407 e. The first-order valence-corrected chi connectivity index (χ1v) is 4.44. The highest BCUT2D eigenvalue weighted by Crippen LogP contribution is 2.12. The molecular formula is C9H11ClN2O2. The fraction of sp³-hybridized carbons (Fsp3) is 0.333. The summed E-state index contributed by atoms with van der Waals surface area (Å²) in [4.78, 5) is 15.8. The van der Waals surface area contributed by atoms with Gasteiger partial charge in [0.25, 0.3) is 0 Å². The van der Waals surface area contributed by atoms with E-state index in [4.69, 9.17) is 16.7 Å². The Morgan fingerprint density at radius 3 is 2.79 bits per heavy atom. The third-order valence-electron chi connectivity index (χ3n) is 1.90. The van der Waals surface area contributed by atoms with Crippen LogP contribution < -0.4 is 0 Å². The number of carbonyl (C=O) groups is 1. The lowest BCUT2D eigenvalue weighted by molar-refractivity contribution is 0.153. The largest absolute Gasteiger partial charge is 0.465 e. The van der Waals surface area contributed by atoms with Crippen LogP contribution in [0.15, 0.2) is 12.1 Å². The van der Waals surface area contributed by atoms with Crippen molar-refractivity contribution in [2.24, 2.45) is 0 Å². The zero-order valence-corrected chi connectivity index (χ0v) is 8.75. The molecule has 0 radical (unpaired) electrons. The maximum absolute atomic E-state index is 10.6. The van der Waals surface area contributed by atoms with Gasteiger partial charge in [-0.25, -0.2) is 9.78 Å². The Labute approximate surface area is 87.1 Å². The van der Waals surface area contributed by atoms with Crippen molar-refractivity contribution in [3.63, 3.8) is 0 Å². The summed E-state index contributed by atoms with van der Waals surface area (Å²) in [5.74, 6) is 0. The highest BCUT2D eigenvalue weighted by Gasteiger charge is 2.08. The first-order valence-electron chi connectivity index (χ1n) is 4.07. The number of pyridine rings is 1. The highest BCUT2D eigenvalue weighted by atomic mass is 35.5. The summed E-state index contributed by atoms with van der Waals surface area (Å²) in [6.07, 6.45) is -0.959. The zero-order chi connectivity index (χ0) is 10.7. The summed E-state index contributed by atoms with van der Waals surface area (Å²) in [7, 11) is 1.51. The van der Waals surface area contributed by atoms with E-state index in [1.54, 1.807) is 19.1 Å². The van der Waals surface area contributed by atoms with E-state index >= 15 is 0 Å². The minimum absolute atomic E-state index is 0.325. The summed E-state index contributed by atoms with van der Waals surface area (Å²) in [5.41, 5.74) is 1.62. The molecule has 5 heteroatoms. The van der Waals surface area contributed by atoms with Crippen molar-refractivity contribution in [2.45, 2.75) is 13.5 Å². The van der Waals surface area contributed by atoms with Gasteiger partial charge in [0.2, 0.25) is 0 Å². The number of hydrogen-bond donors (Lipinski definition) is 1. The molecular weight excluding hydrogens is 204 g/mol. The summed E-state index contributed by atoms with van der Waals surface area (Å²) in [5, 5.41) is 9.09. The summed E-state index contributed by atoms with van der Waals surface area (Å²) >= 11 is 5.68. The number of nitrogens with zero attached hydrogens (tertiary/aromatic N) is 2. The van der Waals surface area contributed by atoms with Crippen LogP contribution in [-0.2, 0) is 6.54 Å². The molecule has 4 nitrogen and oxygen atoms in total. The third kappa shape index (κ3) is 2.60. The number of amides is 1. The molecule has 1 rings (SSSR count). The minimum atomic E-state index is -0.959. The minimum Gasteiger partial charge on any atom is -0.465 e. The molecule has 0 aromatic carbocycles. The topological polar surface area (TPSA) is 53.4 Å². The van der Waals surface area contributed by atoms with E-state index in [9.17, 15) is 4.79 Å². The molecule has 0 saturated heterocycles. The lowest BCUT2D eigenvalue weighted by atomic mass is 10.2. The Bertz CT molecular complexity index is 355. The van der Waals surface area contributed by atoms with E-state index in [2.05, 4.69) is 4.98 Å². The standard InChI is InChI=1S/C9H11ClN2O2/c1-6-7(3-4-8(10)11-6)5-12(2)9(13)14/h3-4H,5H2,1-2H3,(H,13,14). The van der Waals surface area contributed by atoms with Crippen LogP contribution in [-0.4, -0.2) is 28.1 Å². The summed E-state index contributed by atoms with van der Waals surface area (Å²) in [6.45, 7) is 2.13. The van der Waals surface area contributed by atoms with Gasteiger partial charge in [0, 0.05) is 12.7 Å². The molecule has 1 heterocycles. The number of halogens is 1. The summed E-state index contributed by atoms with van der Waals surface area (Å²) in [6, 6.07) is 3.43. The lowest BCUT2D eigenvalue weighted by Crippen LogP contribution is -2.24. The van der Waals surface area contributed by atoms with Gasteiger partial charge >= 0.3 is 6.09 Å². The lowest BCUT2D eigenvalue weighted by Gasteiger charge is -2.13. The van der Waals surface area contributed by atoms with Crippen molar-refractivity contribution in [2.75, 3.05) is 7.05 Å². The molecule has 0 unspecified atom stereocenters. The second-order valence-corrected chi connectivity index (χ2v) is 3.40. The normalized spacial score (nSPS) is 9.93. The monoisotopic (exact) mass is 214 g/mol. The highest BCUT2D eigenvalue weighted by molar-refractivity contribution is 6.29. The molecule has 0 spiro atoms. The van der Waals surface area contributed by atoms with Crippen molar-refractivity contribution in [3.05, 3.63) is 28.5 Å². The predicted molar refractivity (Wildman–Crippen MR) is 53.5 cm³/mol. The molecule has 0 saturated carbocycles. The van der Waals surface area contributed by atoms with E-state index in [0.29, 0.717) is 11.7 Å². The van der Waals surface area contributed by atoms with Crippen LogP contribution >= 0.6 is 11.6 Å². The number of aromatic nitrogens is 1. The molecule has 14 heavy (non-hydrogen) atoms. The fourth-order valence-corrected chi connectivity index (χ4v) is 1.24. The van der Waals surface area contributed by atoms with Crippen molar-refractivity contribution >= 4 is 17.7 Å². The Kier molecular flexibility index (Phi) is 3.30. The van der Waals surface area contributed by atoms with Gasteiger partial charge in [0.05, 0.1) is 6.54 Å². The van der Waals surface area contributed by atoms with E-state index in [0.717, 1.165) is 11.3 Å². The van der Waals surface area contributed by atoms with Crippen molar-refractivity contribution in [1.82, 2.24) is 9.88 Å². The predicted octanol–water partition coefficient (Wildman–Crippen LogP) is 2.15. The molecule has 1 N–H and O–H groups in total. The second kappa shape index (κ2) is 4.28. The van der Waals surface area contributed by atoms with Gasteiger partial charge in [-0.1, -0.05) is 17.7 Å². The van der Waals surface area contributed by atoms with Gasteiger partial charge in [-0.2, -0.15) is 0 Å². The molecule has 0 fully saturated rings. The molecule has 0 aliphatic rings. The second-order valence-electron chi connectivity index (χ2n) is 3.02. The van der Waals surface area contributed by atoms with Crippen molar-refractivity contribution < 1.29 is 9.90 Å². The van der Waals surface area contributed by atoms with E-state index in [1.165, 1.54) is 11.9 Å². The number of carboxylic acid groups (broad SMARTS) is 1. The van der Waals surface area contributed by atoms with Crippen molar-refractivity contribution in [3.8, 4) is 0 Å². The number of aryl methyl sites for hydroxylation is 1. The average molecular weight is 215 g/mol. The van der Waals surface area contributed by atoms with Gasteiger partial charge in [-0.15, -0.1) is 0 Å². The van der Waals surface area contributed by atoms with E-state index < -0.39 is 6.09 Å². The van der Waals surface area contributed by atoms with Crippen molar-refractivity contribution in [1.29, 1.82) is 0 Å². The van der Waals surface area contributed by atoms with Crippen LogP contribution in [0.5, 0.6) is 0 Å². The Balaban J connectivity index is 2.82. The maximum atomic E-state index is 10.6. The Hall–Kier alpha value is -1.29. The first kappa shape index (κ1) is 10.8. The first-order chi connectivity index (χ1) is 6.50. The molecule has 1 amide bonds. The Morgan fingerprint density at radius 2 is 2.29 bits per heavy atom. The van der Waals surface area contributed by atoms with Crippen LogP contribution in [0.25, 0.3) is 0 Å². The molecule has 0 aliphatic heterocycles. The van der Waals surface area contributed by atoms with Crippen LogP contribution in [0.4, 0.5) is 4.79 Å². The molecule has 0 bridgehead atoms. The van der Waals surface area contributed by atoms with Gasteiger partial charge in [0.15, 0.2) is 0 Å². The average Bonchev–Trinajstić information content (AvgIpc) is 2.09. The molecule has 76 valence electrons. The number of rotatable bonds is 2. The van der Waals surface area contributed by atoms with Gasteiger partial charge in [0.1, 0.15) is 5.15 Å². The quantitative estimate of drug-likeness (QED) is 0.768. The van der Waals surface area contributed by atoms with Crippen LogP contribution in [0, 0.1) is 6.92 Å². The fourth-order valence-electron chi connectivity index (χ4n) is 1.05. The van der Waals surface area contributed by atoms with Crippen LogP contribution in [0.1, 0.15) is 11.3 Å². The third-order valence-corrected chi connectivity index (χ3v) is 2.11. The van der Waals surface area contributed by atoms with E-state index in [1.807, 2.05) is 0 Å². The zero-order valence-electron chi connectivity index (χ0n) is 7.99. The number of hydrogen-bond acceptors (Lipinski definition) is 2. The molecule has 1 aromatic heterocycles. The van der Waals surface area contributed by atoms with Crippen LogP contribution in [0.3, 0.4) is 0 Å². The van der Waals surface area contributed by atoms with Gasteiger partial charge < -0.3 is 10.0 Å². The molecule has 0 aliphatic carbocycles. The molecule has 0 atom stereocenters.